The van der Waals surface area contributed by atoms with E-state index in [1.165, 1.54) is 0 Å². The topological polar surface area (TPSA) is 117 Å². The van der Waals surface area contributed by atoms with Crippen LogP contribution in [0.2, 0.25) is 5.15 Å². The second kappa shape index (κ2) is 13.8. The fourth-order valence-electron chi connectivity index (χ4n) is 4.67. The number of nitrogens with one attached hydrogen (secondary N) is 2. The Balaban J connectivity index is 0.000000162. The van der Waals surface area contributed by atoms with E-state index in [4.69, 9.17) is 16.6 Å². The third kappa shape index (κ3) is 7.09. The maximum Gasteiger partial charge on any atom is 0.173 e. The molecule has 15 heteroatoms. The number of nitrogens with zero attached hydrogens (tertiary/aromatic N) is 10. The molecular weight excluding hydrogens is 712 g/mol. The molecule has 0 atom stereocenters. The number of halogens is 3. The molecule has 7 rings (SSSR count). The Hall–Kier alpha value is -3.85. The average Bonchev–Trinajstić information content (AvgIpc) is 3.62. The van der Waals surface area contributed by atoms with Crippen molar-refractivity contribution in [2.45, 2.75) is 13.1 Å². The molecule has 1 fully saturated rings. The fraction of sp³-hybridized carbons (Fsp3) is 0.241. The van der Waals surface area contributed by atoms with Crippen LogP contribution >= 0.6 is 43.5 Å². The summed E-state index contributed by atoms with van der Waals surface area (Å²) in [5.74, 6) is 2.69. The van der Waals surface area contributed by atoms with Crippen molar-refractivity contribution in [3.05, 3.63) is 98.8 Å². The van der Waals surface area contributed by atoms with Gasteiger partial charge in [0.2, 0.25) is 0 Å². The van der Waals surface area contributed by atoms with E-state index < -0.39 is 0 Å². The van der Waals surface area contributed by atoms with E-state index in [1.54, 1.807) is 35.4 Å². The Morgan fingerprint density at radius 3 is 1.84 bits per heavy atom. The van der Waals surface area contributed by atoms with Crippen molar-refractivity contribution in [3.63, 3.8) is 0 Å². The van der Waals surface area contributed by atoms with Crippen molar-refractivity contribution in [1.82, 2.24) is 44.1 Å². The summed E-state index contributed by atoms with van der Waals surface area (Å²) in [6.07, 6.45) is 10.7. The van der Waals surface area contributed by atoms with Crippen molar-refractivity contribution in [1.29, 1.82) is 0 Å². The first kappa shape index (κ1) is 30.2. The molecular formula is C29H29Br2ClN12. The molecule has 0 spiro atoms. The van der Waals surface area contributed by atoms with Gasteiger partial charge < -0.3 is 20.4 Å². The molecule has 0 unspecified atom stereocenters. The summed E-state index contributed by atoms with van der Waals surface area (Å²) in [6, 6.07) is 11.7. The minimum absolute atomic E-state index is 0.419. The molecule has 6 aromatic heterocycles. The van der Waals surface area contributed by atoms with E-state index in [0.29, 0.717) is 23.9 Å². The number of likely N-dealkylation sites (N-methyl/N-ethyl adjacent to an activating group) is 1. The summed E-state index contributed by atoms with van der Waals surface area (Å²) in [5.41, 5.74) is 3.71. The van der Waals surface area contributed by atoms with Crippen molar-refractivity contribution < 1.29 is 0 Å². The Labute approximate surface area is 275 Å². The van der Waals surface area contributed by atoms with Crippen LogP contribution in [0.3, 0.4) is 0 Å². The Kier molecular flexibility index (Phi) is 9.50. The molecule has 1 saturated heterocycles. The molecule has 1 aliphatic heterocycles. The van der Waals surface area contributed by atoms with E-state index in [1.807, 2.05) is 35.1 Å². The van der Waals surface area contributed by atoms with Crippen LogP contribution < -0.4 is 15.5 Å². The van der Waals surface area contributed by atoms with Gasteiger partial charge in [-0.25, -0.2) is 9.97 Å². The van der Waals surface area contributed by atoms with Gasteiger partial charge in [-0.15, -0.1) is 0 Å². The first-order valence-electron chi connectivity index (χ1n) is 13.9. The summed E-state index contributed by atoms with van der Waals surface area (Å²) < 4.78 is 5.24. The van der Waals surface area contributed by atoms with Gasteiger partial charge >= 0.3 is 0 Å². The number of pyridine rings is 2. The van der Waals surface area contributed by atoms with Crippen LogP contribution in [0.5, 0.6) is 0 Å². The highest BCUT2D eigenvalue weighted by Gasteiger charge is 2.18. The fourth-order valence-corrected chi connectivity index (χ4v) is 5.55. The van der Waals surface area contributed by atoms with Crippen LogP contribution in [0.1, 0.15) is 11.1 Å². The van der Waals surface area contributed by atoms with E-state index in [-0.39, 0.29) is 0 Å². The van der Waals surface area contributed by atoms with Crippen LogP contribution in [-0.2, 0) is 13.1 Å². The monoisotopic (exact) mass is 738 g/mol. The molecule has 12 nitrogen and oxygen atoms in total. The highest BCUT2D eigenvalue weighted by Crippen LogP contribution is 2.26. The van der Waals surface area contributed by atoms with Crippen LogP contribution in [0.4, 0.5) is 17.5 Å². The lowest BCUT2D eigenvalue weighted by atomic mass is 10.3. The van der Waals surface area contributed by atoms with Gasteiger partial charge in [0.15, 0.2) is 11.3 Å². The maximum absolute atomic E-state index is 6.01. The smallest absolute Gasteiger partial charge is 0.173 e. The molecule has 2 N–H and O–H groups in total. The molecule has 0 bridgehead atoms. The number of aromatic nitrogens is 8. The predicted molar refractivity (Wildman–Crippen MR) is 179 cm³/mol. The zero-order chi connectivity index (χ0) is 30.5. The van der Waals surface area contributed by atoms with E-state index in [9.17, 15) is 0 Å². The van der Waals surface area contributed by atoms with Gasteiger partial charge in [0.1, 0.15) is 22.6 Å². The van der Waals surface area contributed by atoms with Crippen LogP contribution in [0, 0.1) is 0 Å². The summed E-state index contributed by atoms with van der Waals surface area (Å²) in [5, 5.41) is 15.8. The Bertz CT molecular complexity index is 1840. The van der Waals surface area contributed by atoms with E-state index in [2.05, 4.69) is 96.6 Å². The zero-order valence-electron chi connectivity index (χ0n) is 23.8. The highest BCUT2D eigenvalue weighted by atomic mass is 79.9. The minimum Gasteiger partial charge on any atom is -0.366 e. The van der Waals surface area contributed by atoms with Crippen molar-refractivity contribution in [2.24, 2.45) is 0 Å². The van der Waals surface area contributed by atoms with Gasteiger partial charge in [-0.1, -0.05) is 23.7 Å². The SMILES string of the molecule is CN1CCN(c2cc(NCc3cccnc3)n3ncc(Br)c3n2)CC1.Clc1cc(NCc2cccnc2)n2ncc(Br)c2n1. The summed E-state index contributed by atoms with van der Waals surface area (Å²) in [6.45, 7) is 5.38. The largest absolute Gasteiger partial charge is 0.366 e. The second-order valence-corrected chi connectivity index (χ2v) is 12.2. The molecule has 0 aliphatic carbocycles. The first-order valence-corrected chi connectivity index (χ1v) is 15.8. The molecule has 0 amide bonds. The lowest BCUT2D eigenvalue weighted by molar-refractivity contribution is 0.312. The quantitative estimate of drug-likeness (QED) is 0.206. The number of fused-ring (bicyclic) bond motifs is 2. The third-order valence-electron chi connectivity index (χ3n) is 7.03. The van der Waals surface area contributed by atoms with Crippen LogP contribution in [0.15, 0.2) is 82.5 Å². The zero-order valence-corrected chi connectivity index (χ0v) is 27.7. The Morgan fingerprint density at radius 1 is 0.750 bits per heavy atom. The second-order valence-electron chi connectivity index (χ2n) is 10.1. The van der Waals surface area contributed by atoms with Crippen molar-refractivity contribution in [3.8, 4) is 0 Å². The molecule has 1 aliphatic rings. The van der Waals surface area contributed by atoms with Gasteiger partial charge in [0, 0.05) is 76.2 Å². The number of hydrogen-bond acceptors (Lipinski definition) is 10. The van der Waals surface area contributed by atoms with Crippen LogP contribution in [-0.4, -0.2) is 77.3 Å². The number of piperazine rings is 1. The van der Waals surface area contributed by atoms with E-state index >= 15 is 0 Å². The average molecular weight is 741 g/mol. The molecule has 226 valence electrons. The number of hydrogen-bond donors (Lipinski definition) is 2. The third-order valence-corrected chi connectivity index (χ3v) is 8.35. The molecule has 44 heavy (non-hydrogen) atoms. The lowest BCUT2D eigenvalue weighted by Crippen LogP contribution is -2.44. The van der Waals surface area contributed by atoms with Crippen LogP contribution in [0.25, 0.3) is 11.3 Å². The lowest BCUT2D eigenvalue weighted by Gasteiger charge is -2.33. The Morgan fingerprint density at radius 2 is 1.30 bits per heavy atom. The van der Waals surface area contributed by atoms with Gasteiger partial charge in [-0.2, -0.15) is 19.2 Å². The molecule has 6 aromatic rings. The number of anilines is 3. The molecule has 0 radical (unpaired) electrons. The maximum atomic E-state index is 6.01. The summed E-state index contributed by atoms with van der Waals surface area (Å²) >= 11 is 13.0. The van der Waals surface area contributed by atoms with Gasteiger partial charge in [0.05, 0.1) is 21.3 Å². The van der Waals surface area contributed by atoms with Crippen molar-refractivity contribution in [2.75, 3.05) is 48.8 Å². The van der Waals surface area contributed by atoms with Gasteiger partial charge in [-0.05, 0) is 62.2 Å². The predicted octanol–water partition coefficient (Wildman–Crippen LogP) is 5.40. The molecule has 0 saturated carbocycles. The standard InChI is InChI=1S/C17H20BrN7.C12H9BrClN5/c1-23-5-7-24(8-6-23)16-9-15(20-11-13-3-2-4-19-10-13)25-17(22-16)14(18)12-21-25;13-9-7-17-19-11(4-10(14)18-12(9)19)16-6-8-2-1-3-15-5-8/h2-4,9-10,12,20H,5-8,11H2,1H3;1-5,7,16H,6H2. The highest BCUT2D eigenvalue weighted by molar-refractivity contribution is 9.11. The summed E-state index contributed by atoms with van der Waals surface area (Å²) in [4.78, 5) is 21.9. The van der Waals surface area contributed by atoms with E-state index in [0.717, 1.165) is 69.4 Å². The van der Waals surface area contributed by atoms with Gasteiger partial charge in [-0.3, -0.25) is 9.97 Å². The number of rotatable bonds is 7. The van der Waals surface area contributed by atoms with Gasteiger partial charge in [0.25, 0.3) is 0 Å². The summed E-state index contributed by atoms with van der Waals surface area (Å²) in [7, 11) is 2.16. The first-order chi connectivity index (χ1) is 21.4. The normalized spacial score (nSPS) is 13.6. The van der Waals surface area contributed by atoms with Crippen molar-refractivity contribution >= 4 is 72.2 Å². The minimum atomic E-state index is 0.419. The molecule has 7 heterocycles. The molecule has 0 aromatic carbocycles.